The molecule has 1 atom stereocenters. The SMILES string of the molecule is CCC(O)CN1CCN(C(=O)c2ccc(NC(=O)C3CC3)s2)CC1. The predicted octanol–water partition coefficient (Wildman–Crippen LogP) is 1.63. The number of rotatable bonds is 6. The van der Waals surface area contributed by atoms with Gasteiger partial charge >= 0.3 is 0 Å². The summed E-state index contributed by atoms with van der Waals surface area (Å²) in [6, 6.07) is 3.61. The summed E-state index contributed by atoms with van der Waals surface area (Å²) in [5, 5.41) is 13.4. The second kappa shape index (κ2) is 7.63. The summed E-state index contributed by atoms with van der Waals surface area (Å²) in [6.45, 7) is 5.59. The summed E-state index contributed by atoms with van der Waals surface area (Å²) in [5.41, 5.74) is 0. The van der Waals surface area contributed by atoms with Crippen molar-refractivity contribution in [1.82, 2.24) is 9.80 Å². The van der Waals surface area contributed by atoms with Gasteiger partial charge in [0.05, 0.1) is 16.0 Å². The Morgan fingerprint density at radius 2 is 2.00 bits per heavy atom. The molecule has 2 heterocycles. The average molecular weight is 351 g/mol. The lowest BCUT2D eigenvalue weighted by Gasteiger charge is -2.35. The molecule has 6 nitrogen and oxygen atoms in total. The van der Waals surface area contributed by atoms with Crippen LogP contribution in [0.1, 0.15) is 35.9 Å². The quantitative estimate of drug-likeness (QED) is 0.817. The van der Waals surface area contributed by atoms with E-state index in [1.54, 1.807) is 6.07 Å². The van der Waals surface area contributed by atoms with E-state index < -0.39 is 0 Å². The Kier molecular flexibility index (Phi) is 5.53. The summed E-state index contributed by atoms with van der Waals surface area (Å²) in [6.07, 6.45) is 2.41. The number of hydrogen-bond acceptors (Lipinski definition) is 5. The third-order valence-electron chi connectivity index (χ3n) is 4.61. The number of aliphatic hydroxyl groups excluding tert-OH is 1. The molecule has 2 fully saturated rings. The average Bonchev–Trinajstić information content (AvgIpc) is 3.35. The van der Waals surface area contributed by atoms with E-state index >= 15 is 0 Å². The number of piperazine rings is 1. The van der Waals surface area contributed by atoms with Crippen LogP contribution in [-0.2, 0) is 4.79 Å². The summed E-state index contributed by atoms with van der Waals surface area (Å²) in [7, 11) is 0. The Bertz CT molecular complexity index is 592. The van der Waals surface area contributed by atoms with E-state index in [1.807, 2.05) is 17.9 Å². The number of aliphatic hydroxyl groups is 1. The highest BCUT2D eigenvalue weighted by molar-refractivity contribution is 7.18. The van der Waals surface area contributed by atoms with E-state index in [-0.39, 0.29) is 23.8 Å². The first-order chi connectivity index (χ1) is 11.6. The Balaban J connectivity index is 1.50. The topological polar surface area (TPSA) is 72.9 Å². The van der Waals surface area contributed by atoms with Crippen LogP contribution in [0.15, 0.2) is 12.1 Å². The lowest BCUT2D eigenvalue weighted by Crippen LogP contribution is -2.50. The molecule has 0 spiro atoms. The van der Waals surface area contributed by atoms with E-state index in [4.69, 9.17) is 0 Å². The maximum atomic E-state index is 12.6. The van der Waals surface area contributed by atoms with Crippen molar-refractivity contribution in [2.24, 2.45) is 5.92 Å². The molecule has 2 amide bonds. The van der Waals surface area contributed by atoms with Crippen LogP contribution in [0.25, 0.3) is 0 Å². The molecule has 1 saturated heterocycles. The molecule has 7 heteroatoms. The van der Waals surface area contributed by atoms with Crippen LogP contribution in [0, 0.1) is 5.92 Å². The second-order valence-electron chi connectivity index (χ2n) is 6.58. The molecule has 1 aliphatic heterocycles. The first-order valence-corrected chi connectivity index (χ1v) is 9.49. The van der Waals surface area contributed by atoms with Crippen molar-refractivity contribution in [3.63, 3.8) is 0 Å². The number of thiophene rings is 1. The Hall–Kier alpha value is -1.44. The highest BCUT2D eigenvalue weighted by atomic mass is 32.1. The molecule has 24 heavy (non-hydrogen) atoms. The first-order valence-electron chi connectivity index (χ1n) is 8.67. The molecule has 0 radical (unpaired) electrons. The normalized spacial score (nSPS) is 20.0. The van der Waals surface area contributed by atoms with Crippen molar-refractivity contribution in [1.29, 1.82) is 0 Å². The van der Waals surface area contributed by atoms with Crippen molar-refractivity contribution >= 4 is 28.2 Å². The van der Waals surface area contributed by atoms with Gasteiger partial charge in [0, 0.05) is 38.6 Å². The van der Waals surface area contributed by atoms with Crippen molar-refractivity contribution in [3.8, 4) is 0 Å². The van der Waals surface area contributed by atoms with Crippen molar-refractivity contribution in [2.45, 2.75) is 32.3 Å². The molecule has 2 N–H and O–H groups in total. The number of nitrogens with one attached hydrogen (secondary N) is 1. The molecule has 1 unspecified atom stereocenters. The van der Waals surface area contributed by atoms with Gasteiger partial charge in [-0.3, -0.25) is 14.5 Å². The fourth-order valence-electron chi connectivity index (χ4n) is 2.81. The first kappa shape index (κ1) is 17.4. The van der Waals surface area contributed by atoms with Gasteiger partial charge in [-0.25, -0.2) is 0 Å². The van der Waals surface area contributed by atoms with Gasteiger partial charge in [-0.1, -0.05) is 6.92 Å². The number of carbonyl (C=O) groups is 2. The molecule has 1 aromatic heterocycles. The molecule has 2 aliphatic rings. The van der Waals surface area contributed by atoms with Crippen LogP contribution in [-0.4, -0.2) is 65.5 Å². The lowest BCUT2D eigenvalue weighted by atomic mass is 10.2. The van der Waals surface area contributed by atoms with Gasteiger partial charge in [-0.15, -0.1) is 11.3 Å². The van der Waals surface area contributed by atoms with Gasteiger partial charge in [0.1, 0.15) is 0 Å². The zero-order valence-electron chi connectivity index (χ0n) is 14.0. The second-order valence-corrected chi connectivity index (χ2v) is 7.67. The summed E-state index contributed by atoms with van der Waals surface area (Å²) in [5.74, 6) is 0.263. The largest absolute Gasteiger partial charge is 0.392 e. The monoisotopic (exact) mass is 351 g/mol. The van der Waals surface area contributed by atoms with Gasteiger partial charge in [0.2, 0.25) is 5.91 Å². The van der Waals surface area contributed by atoms with Gasteiger partial charge in [-0.2, -0.15) is 0 Å². The standard InChI is InChI=1S/C17H25N3O3S/c1-2-13(21)11-19-7-9-20(10-8-19)17(23)14-5-6-15(24-14)18-16(22)12-3-4-12/h5-6,12-13,21H,2-4,7-11H2,1H3,(H,18,22). The van der Waals surface area contributed by atoms with E-state index in [9.17, 15) is 14.7 Å². The van der Waals surface area contributed by atoms with Crippen LogP contribution < -0.4 is 5.32 Å². The fraction of sp³-hybridized carbons (Fsp3) is 0.647. The molecule has 1 saturated carbocycles. The minimum absolute atomic E-state index is 0.0302. The lowest BCUT2D eigenvalue weighted by molar-refractivity contribution is -0.117. The number of amides is 2. The Labute approximate surface area is 146 Å². The summed E-state index contributed by atoms with van der Waals surface area (Å²) >= 11 is 1.35. The minimum Gasteiger partial charge on any atom is -0.392 e. The molecule has 0 aromatic carbocycles. The van der Waals surface area contributed by atoms with E-state index in [2.05, 4.69) is 10.2 Å². The van der Waals surface area contributed by atoms with Crippen LogP contribution in [0.4, 0.5) is 5.00 Å². The van der Waals surface area contributed by atoms with Crippen molar-refractivity contribution < 1.29 is 14.7 Å². The smallest absolute Gasteiger partial charge is 0.264 e. The molecular weight excluding hydrogens is 326 g/mol. The molecule has 1 aromatic rings. The van der Waals surface area contributed by atoms with Crippen molar-refractivity contribution in [2.75, 3.05) is 38.0 Å². The van der Waals surface area contributed by atoms with Gasteiger partial charge < -0.3 is 15.3 Å². The third kappa shape index (κ3) is 4.34. The molecule has 132 valence electrons. The van der Waals surface area contributed by atoms with Crippen LogP contribution in [0.2, 0.25) is 0 Å². The van der Waals surface area contributed by atoms with Crippen LogP contribution in [0.5, 0.6) is 0 Å². The molecule has 1 aliphatic carbocycles. The van der Waals surface area contributed by atoms with E-state index in [0.29, 0.717) is 24.5 Å². The van der Waals surface area contributed by atoms with E-state index in [1.165, 1.54) is 11.3 Å². The predicted molar refractivity (Wildman–Crippen MR) is 94.3 cm³/mol. The summed E-state index contributed by atoms with van der Waals surface area (Å²) in [4.78, 5) is 29.1. The van der Waals surface area contributed by atoms with Crippen LogP contribution >= 0.6 is 11.3 Å². The maximum Gasteiger partial charge on any atom is 0.264 e. The molecule has 0 bridgehead atoms. The Morgan fingerprint density at radius 3 is 2.62 bits per heavy atom. The molecule has 3 rings (SSSR count). The van der Waals surface area contributed by atoms with E-state index in [0.717, 1.165) is 37.4 Å². The highest BCUT2D eigenvalue weighted by Crippen LogP contribution is 2.31. The zero-order chi connectivity index (χ0) is 17.1. The number of β-amino-alcohol motifs (C(OH)–C–C–N with tert-alkyl or cyclic N) is 1. The number of hydrogen-bond donors (Lipinski definition) is 2. The minimum atomic E-state index is -0.290. The number of carbonyl (C=O) groups excluding carboxylic acids is 2. The fourth-order valence-corrected chi connectivity index (χ4v) is 3.68. The summed E-state index contributed by atoms with van der Waals surface area (Å²) < 4.78 is 0. The van der Waals surface area contributed by atoms with Crippen LogP contribution in [0.3, 0.4) is 0 Å². The molecular formula is C17H25N3O3S. The number of nitrogens with zero attached hydrogens (tertiary/aromatic N) is 2. The Morgan fingerprint density at radius 1 is 1.29 bits per heavy atom. The number of anilines is 1. The van der Waals surface area contributed by atoms with Gasteiger partial charge in [0.15, 0.2) is 0 Å². The van der Waals surface area contributed by atoms with Crippen molar-refractivity contribution in [3.05, 3.63) is 17.0 Å². The van der Waals surface area contributed by atoms with Gasteiger partial charge in [-0.05, 0) is 31.4 Å². The highest BCUT2D eigenvalue weighted by Gasteiger charge is 2.30. The zero-order valence-corrected chi connectivity index (χ0v) is 14.8. The van der Waals surface area contributed by atoms with Gasteiger partial charge in [0.25, 0.3) is 5.91 Å². The maximum absolute atomic E-state index is 12.6. The third-order valence-corrected chi connectivity index (χ3v) is 5.60.